The van der Waals surface area contributed by atoms with Gasteiger partial charge in [0.2, 0.25) is 0 Å². The average Bonchev–Trinajstić information content (AvgIpc) is 2.04. The number of aliphatic imine (C=N–C) groups is 1. The van der Waals surface area contributed by atoms with E-state index in [1.165, 1.54) is 25.7 Å². The molecule has 1 saturated carbocycles. The third-order valence-corrected chi connectivity index (χ3v) is 2.40. The van der Waals surface area contributed by atoms with Gasteiger partial charge in [-0.05, 0) is 19.8 Å². The zero-order valence-corrected chi connectivity index (χ0v) is 6.82. The van der Waals surface area contributed by atoms with Crippen LogP contribution in [-0.4, -0.2) is 17.9 Å². The molecular weight excluding hydrogens is 138 g/mol. The van der Waals surface area contributed by atoms with E-state index in [0.717, 1.165) is 5.84 Å². The van der Waals surface area contributed by atoms with Gasteiger partial charge in [-0.25, -0.2) is 0 Å². The summed E-state index contributed by atoms with van der Waals surface area (Å²) in [5.74, 6) is 0.855. The van der Waals surface area contributed by atoms with Gasteiger partial charge in [-0.2, -0.15) is 5.11 Å². The van der Waals surface area contributed by atoms with Crippen LogP contribution in [0, 0.1) is 0 Å². The zero-order valence-electron chi connectivity index (χ0n) is 6.82. The fraction of sp³-hybridized carbons (Fsp3) is 0.875. The summed E-state index contributed by atoms with van der Waals surface area (Å²) in [4.78, 5) is 4.46. The smallest absolute Gasteiger partial charge is 0.142 e. The van der Waals surface area contributed by atoms with Crippen LogP contribution in [0.25, 0.3) is 0 Å². The molecule has 1 heterocycles. The summed E-state index contributed by atoms with van der Waals surface area (Å²) in [5.41, 5.74) is 0. The Balaban J connectivity index is 2.13. The van der Waals surface area contributed by atoms with Gasteiger partial charge in [0.05, 0.1) is 12.1 Å². The van der Waals surface area contributed by atoms with Crippen molar-refractivity contribution in [2.24, 2.45) is 15.2 Å². The molecule has 0 amide bonds. The third-order valence-electron chi connectivity index (χ3n) is 2.40. The summed E-state index contributed by atoms with van der Waals surface area (Å²) in [6.07, 6.45) is 5.01. The van der Waals surface area contributed by atoms with Crippen LogP contribution >= 0.6 is 0 Å². The minimum absolute atomic E-state index is 0.410. The van der Waals surface area contributed by atoms with Crippen LogP contribution in [0.3, 0.4) is 0 Å². The van der Waals surface area contributed by atoms with Crippen LogP contribution in [0.4, 0.5) is 0 Å². The van der Waals surface area contributed by atoms with E-state index >= 15 is 0 Å². The number of hydrogen-bond donors (Lipinski definition) is 0. The third kappa shape index (κ3) is 1.32. The Bertz CT molecular complexity index is 207. The summed E-state index contributed by atoms with van der Waals surface area (Å²) in [5, 5.41) is 8.22. The summed E-state index contributed by atoms with van der Waals surface area (Å²) in [7, 11) is 0. The Morgan fingerprint density at radius 2 is 1.91 bits per heavy atom. The van der Waals surface area contributed by atoms with Crippen LogP contribution in [0.1, 0.15) is 32.6 Å². The molecule has 0 radical (unpaired) electrons. The average molecular weight is 151 g/mol. The molecule has 2 aliphatic rings. The van der Waals surface area contributed by atoms with Crippen LogP contribution in [0.5, 0.6) is 0 Å². The lowest BCUT2D eigenvalue weighted by Crippen LogP contribution is -2.29. The van der Waals surface area contributed by atoms with Gasteiger partial charge in [0.25, 0.3) is 0 Å². The van der Waals surface area contributed by atoms with E-state index in [1.807, 2.05) is 6.92 Å². The molecule has 2 unspecified atom stereocenters. The molecule has 0 bridgehead atoms. The molecule has 2 rings (SSSR count). The summed E-state index contributed by atoms with van der Waals surface area (Å²) in [6.45, 7) is 1.92. The minimum atomic E-state index is 0.410. The van der Waals surface area contributed by atoms with E-state index in [9.17, 15) is 0 Å². The van der Waals surface area contributed by atoms with Gasteiger partial charge in [-0.15, -0.1) is 5.11 Å². The molecule has 0 aromatic heterocycles. The maximum atomic E-state index is 4.46. The topological polar surface area (TPSA) is 37.1 Å². The lowest BCUT2D eigenvalue weighted by atomic mass is 9.91. The van der Waals surface area contributed by atoms with Gasteiger partial charge in [0, 0.05) is 0 Å². The minimum Gasteiger partial charge on any atom is -0.263 e. The largest absolute Gasteiger partial charge is 0.263 e. The highest BCUT2D eigenvalue weighted by Gasteiger charge is 2.26. The Kier molecular flexibility index (Phi) is 1.72. The SMILES string of the molecule is CC1=NC2CCCCC2N=N1. The Hall–Kier alpha value is -0.730. The molecule has 1 fully saturated rings. The summed E-state index contributed by atoms with van der Waals surface area (Å²) < 4.78 is 0. The summed E-state index contributed by atoms with van der Waals surface area (Å²) >= 11 is 0. The van der Waals surface area contributed by atoms with Gasteiger partial charge in [-0.3, -0.25) is 4.99 Å². The zero-order chi connectivity index (χ0) is 7.68. The predicted molar refractivity (Wildman–Crippen MR) is 44.0 cm³/mol. The molecule has 0 aromatic carbocycles. The molecule has 0 N–H and O–H groups in total. The normalized spacial score (nSPS) is 36.3. The van der Waals surface area contributed by atoms with E-state index < -0.39 is 0 Å². The maximum absolute atomic E-state index is 4.46. The Labute approximate surface area is 66.6 Å². The molecule has 2 atom stereocenters. The van der Waals surface area contributed by atoms with Crippen molar-refractivity contribution in [1.82, 2.24) is 0 Å². The highest BCUT2D eigenvalue weighted by molar-refractivity contribution is 5.80. The van der Waals surface area contributed by atoms with Crippen molar-refractivity contribution in [3.63, 3.8) is 0 Å². The highest BCUT2D eigenvalue weighted by Crippen LogP contribution is 2.26. The maximum Gasteiger partial charge on any atom is 0.142 e. The van der Waals surface area contributed by atoms with Crippen LogP contribution in [0.2, 0.25) is 0 Å². The van der Waals surface area contributed by atoms with Crippen molar-refractivity contribution < 1.29 is 0 Å². The van der Waals surface area contributed by atoms with Gasteiger partial charge >= 0.3 is 0 Å². The van der Waals surface area contributed by atoms with Crippen molar-refractivity contribution in [3.8, 4) is 0 Å². The standard InChI is InChI=1S/C8H13N3/c1-6-9-7-4-2-3-5-8(7)11-10-6/h7-8H,2-5H2,1H3. The molecule has 0 spiro atoms. The van der Waals surface area contributed by atoms with Crippen LogP contribution in [-0.2, 0) is 0 Å². The lowest BCUT2D eigenvalue weighted by molar-refractivity contribution is 0.371. The highest BCUT2D eigenvalue weighted by atomic mass is 15.2. The Morgan fingerprint density at radius 3 is 2.73 bits per heavy atom. The molecular formula is C8H13N3. The molecule has 1 aliphatic heterocycles. The van der Waals surface area contributed by atoms with Crippen molar-refractivity contribution >= 4 is 5.84 Å². The monoisotopic (exact) mass is 151 g/mol. The fourth-order valence-corrected chi connectivity index (χ4v) is 1.80. The van der Waals surface area contributed by atoms with Gasteiger partial charge in [0.15, 0.2) is 0 Å². The number of azo groups is 1. The van der Waals surface area contributed by atoms with Crippen molar-refractivity contribution in [3.05, 3.63) is 0 Å². The fourth-order valence-electron chi connectivity index (χ4n) is 1.80. The van der Waals surface area contributed by atoms with Gasteiger partial charge < -0.3 is 0 Å². The molecule has 1 aliphatic carbocycles. The van der Waals surface area contributed by atoms with Crippen LogP contribution < -0.4 is 0 Å². The molecule has 0 aromatic rings. The first kappa shape index (κ1) is 6.95. The lowest BCUT2D eigenvalue weighted by Gasteiger charge is -2.26. The second kappa shape index (κ2) is 2.72. The van der Waals surface area contributed by atoms with Gasteiger partial charge in [-0.1, -0.05) is 12.8 Å². The second-order valence-electron chi connectivity index (χ2n) is 3.31. The van der Waals surface area contributed by atoms with Gasteiger partial charge in [0.1, 0.15) is 5.84 Å². The molecule has 60 valence electrons. The van der Waals surface area contributed by atoms with Crippen molar-refractivity contribution in [1.29, 1.82) is 0 Å². The molecule has 0 saturated heterocycles. The van der Waals surface area contributed by atoms with E-state index in [0.29, 0.717) is 12.1 Å². The quantitative estimate of drug-likeness (QED) is 0.509. The number of hydrogen-bond acceptors (Lipinski definition) is 3. The molecule has 11 heavy (non-hydrogen) atoms. The molecule has 3 nitrogen and oxygen atoms in total. The first-order chi connectivity index (χ1) is 5.36. The van der Waals surface area contributed by atoms with Crippen molar-refractivity contribution in [2.75, 3.05) is 0 Å². The van der Waals surface area contributed by atoms with E-state index in [4.69, 9.17) is 0 Å². The van der Waals surface area contributed by atoms with E-state index in [-0.39, 0.29) is 0 Å². The number of amidine groups is 1. The number of nitrogens with zero attached hydrogens (tertiary/aromatic N) is 3. The van der Waals surface area contributed by atoms with Crippen LogP contribution in [0.15, 0.2) is 15.2 Å². The second-order valence-corrected chi connectivity index (χ2v) is 3.31. The molecule has 3 heteroatoms. The first-order valence-electron chi connectivity index (χ1n) is 4.31. The predicted octanol–water partition coefficient (Wildman–Crippen LogP) is 2.18. The Morgan fingerprint density at radius 1 is 1.18 bits per heavy atom. The van der Waals surface area contributed by atoms with E-state index in [1.54, 1.807) is 0 Å². The van der Waals surface area contributed by atoms with Crippen molar-refractivity contribution in [2.45, 2.75) is 44.7 Å². The number of rotatable bonds is 0. The summed E-state index contributed by atoms with van der Waals surface area (Å²) in [6, 6.07) is 0.869. The number of fused-ring (bicyclic) bond motifs is 1. The van der Waals surface area contributed by atoms with E-state index in [2.05, 4.69) is 15.2 Å². The first-order valence-corrected chi connectivity index (χ1v) is 4.31.